The molecule has 4 aromatic rings. The fourth-order valence-corrected chi connectivity index (χ4v) is 5.07. The molecule has 2 aromatic carbocycles. The molecular formula is C34H30F6N6O5. The van der Waals surface area contributed by atoms with E-state index in [-0.39, 0.29) is 18.1 Å². The maximum Gasteiger partial charge on any atom is 0.573 e. The molecule has 1 aliphatic heterocycles. The van der Waals surface area contributed by atoms with Gasteiger partial charge in [-0.15, -0.1) is 23.4 Å². The molecule has 11 nitrogen and oxygen atoms in total. The molecule has 1 N–H and O–H groups in total. The summed E-state index contributed by atoms with van der Waals surface area (Å²) < 4.78 is 99.7. The lowest BCUT2D eigenvalue weighted by atomic mass is 9.96. The highest BCUT2D eigenvalue weighted by molar-refractivity contribution is 6.01. The highest BCUT2D eigenvalue weighted by Crippen LogP contribution is 2.45. The standard InChI is InChI=1S/C34H30F6N6O5/c1-31(2,3)51-30(48)43-25-14-33(36,37)22-13-23(35)21(27-44-45-29(49-27)32(4,5)17-41)12-26(22)46(28(25)47)16-18-6-8-19(9-7-18)24-11-10-20(15-42-24)50-34(38,39)40/h6-13,15,25H,14,16H2,1-5H3,(H,43,48)/t25-/m1/s1. The Kier molecular flexibility index (Phi) is 9.50. The number of ether oxygens (including phenoxy) is 2. The van der Waals surface area contributed by atoms with Crippen LogP contribution in [0.4, 0.5) is 36.8 Å². The number of hydrogen-bond donors (Lipinski definition) is 1. The van der Waals surface area contributed by atoms with Gasteiger partial charge in [0, 0.05) is 17.5 Å². The predicted octanol–water partition coefficient (Wildman–Crippen LogP) is 7.56. The summed E-state index contributed by atoms with van der Waals surface area (Å²) >= 11 is 0. The van der Waals surface area contributed by atoms with Crippen molar-refractivity contribution in [1.29, 1.82) is 5.26 Å². The molecule has 3 heterocycles. The largest absolute Gasteiger partial charge is 0.573 e. The molecule has 0 saturated carbocycles. The Bertz CT molecular complexity index is 1980. The summed E-state index contributed by atoms with van der Waals surface area (Å²) in [5, 5.41) is 19.3. The number of halogens is 6. The summed E-state index contributed by atoms with van der Waals surface area (Å²) in [6.45, 7) is 7.25. The third kappa shape index (κ3) is 8.39. The molecule has 17 heteroatoms. The van der Waals surface area contributed by atoms with E-state index in [9.17, 15) is 28.0 Å². The zero-order valence-electron chi connectivity index (χ0n) is 27.7. The summed E-state index contributed by atoms with van der Waals surface area (Å²) in [7, 11) is 0. The number of pyridine rings is 1. The van der Waals surface area contributed by atoms with Crippen LogP contribution in [0.2, 0.25) is 0 Å². The number of nitriles is 1. The number of anilines is 1. The van der Waals surface area contributed by atoms with Crippen molar-refractivity contribution in [3.8, 4) is 34.5 Å². The minimum atomic E-state index is -4.89. The Morgan fingerprint density at radius 3 is 2.35 bits per heavy atom. The van der Waals surface area contributed by atoms with Gasteiger partial charge in [-0.2, -0.15) is 5.26 Å². The average molecular weight is 717 g/mol. The number of benzene rings is 2. The lowest BCUT2D eigenvalue weighted by Gasteiger charge is -2.27. The minimum absolute atomic E-state index is 0.161. The molecule has 1 aliphatic rings. The number of hydrogen-bond acceptors (Lipinski definition) is 9. The Balaban J connectivity index is 1.54. The summed E-state index contributed by atoms with van der Waals surface area (Å²) in [6, 6.07) is 10.2. The van der Waals surface area contributed by atoms with Crippen molar-refractivity contribution in [1.82, 2.24) is 20.5 Å². The lowest BCUT2D eigenvalue weighted by Crippen LogP contribution is -2.49. The number of aromatic nitrogens is 3. The minimum Gasteiger partial charge on any atom is -0.444 e. The van der Waals surface area contributed by atoms with Crippen LogP contribution in [0.1, 0.15) is 58.1 Å². The van der Waals surface area contributed by atoms with Crippen LogP contribution in [-0.2, 0) is 27.4 Å². The number of alkyl halides is 5. The van der Waals surface area contributed by atoms with Crippen LogP contribution < -0.4 is 15.0 Å². The summed E-state index contributed by atoms with van der Waals surface area (Å²) in [5.41, 5.74) is -2.84. The number of carbonyl (C=O) groups is 2. The van der Waals surface area contributed by atoms with E-state index in [2.05, 4.69) is 25.2 Å². The first-order chi connectivity index (χ1) is 23.7. The fraction of sp³-hybridized carbons (Fsp3) is 0.353. The number of rotatable bonds is 7. The van der Waals surface area contributed by atoms with Crippen LogP contribution in [-0.4, -0.2) is 45.2 Å². The van der Waals surface area contributed by atoms with Gasteiger partial charge in [-0.05, 0) is 64.4 Å². The second-order valence-electron chi connectivity index (χ2n) is 13.2. The van der Waals surface area contributed by atoms with Crippen molar-refractivity contribution < 1.29 is 49.8 Å². The molecule has 0 aliphatic carbocycles. The van der Waals surface area contributed by atoms with Crippen molar-refractivity contribution in [2.24, 2.45) is 0 Å². The van der Waals surface area contributed by atoms with Gasteiger partial charge < -0.3 is 24.1 Å². The molecule has 51 heavy (non-hydrogen) atoms. The topological polar surface area (TPSA) is 143 Å². The van der Waals surface area contributed by atoms with Crippen LogP contribution in [0.15, 0.2) is 59.1 Å². The number of nitrogens with one attached hydrogen (secondary N) is 1. The van der Waals surface area contributed by atoms with E-state index >= 15 is 13.2 Å². The van der Waals surface area contributed by atoms with E-state index in [4.69, 9.17) is 9.15 Å². The van der Waals surface area contributed by atoms with Crippen LogP contribution in [0, 0.1) is 17.1 Å². The number of amides is 2. The van der Waals surface area contributed by atoms with Crippen molar-refractivity contribution in [2.75, 3.05) is 4.90 Å². The van der Waals surface area contributed by atoms with Crippen LogP contribution >= 0.6 is 0 Å². The van der Waals surface area contributed by atoms with Gasteiger partial charge in [0.1, 0.15) is 28.6 Å². The molecule has 0 bridgehead atoms. The molecule has 0 spiro atoms. The highest BCUT2D eigenvalue weighted by atomic mass is 19.4. The third-order valence-corrected chi connectivity index (χ3v) is 7.52. The smallest absolute Gasteiger partial charge is 0.444 e. The Hall–Kier alpha value is -5.66. The van der Waals surface area contributed by atoms with Crippen LogP contribution in [0.25, 0.3) is 22.7 Å². The Morgan fingerprint density at radius 1 is 1.08 bits per heavy atom. The highest BCUT2D eigenvalue weighted by Gasteiger charge is 2.47. The lowest BCUT2D eigenvalue weighted by molar-refractivity contribution is -0.274. The first kappa shape index (κ1) is 36.6. The first-order valence-electron chi connectivity index (χ1n) is 15.3. The molecule has 268 valence electrons. The number of carbonyl (C=O) groups excluding carboxylic acids is 2. The Morgan fingerprint density at radius 2 is 1.76 bits per heavy atom. The zero-order chi connectivity index (χ0) is 37.5. The predicted molar refractivity (Wildman–Crippen MR) is 168 cm³/mol. The second-order valence-corrected chi connectivity index (χ2v) is 13.2. The van der Waals surface area contributed by atoms with E-state index in [0.717, 1.165) is 23.2 Å². The third-order valence-electron chi connectivity index (χ3n) is 7.52. The van der Waals surface area contributed by atoms with E-state index in [1.807, 2.05) is 6.07 Å². The monoisotopic (exact) mass is 716 g/mol. The van der Waals surface area contributed by atoms with E-state index in [1.165, 1.54) is 32.0 Å². The van der Waals surface area contributed by atoms with Crippen molar-refractivity contribution in [3.05, 3.63) is 77.6 Å². The van der Waals surface area contributed by atoms with Gasteiger partial charge in [-0.3, -0.25) is 9.78 Å². The molecule has 0 radical (unpaired) electrons. The Labute approximate surface area is 287 Å². The number of fused-ring (bicyclic) bond motifs is 1. The van der Waals surface area contributed by atoms with E-state index in [0.29, 0.717) is 17.2 Å². The van der Waals surface area contributed by atoms with Crippen molar-refractivity contribution >= 4 is 17.7 Å². The van der Waals surface area contributed by atoms with E-state index in [1.54, 1.807) is 32.9 Å². The number of nitrogens with zero attached hydrogens (tertiary/aromatic N) is 5. The molecule has 2 aromatic heterocycles. The summed E-state index contributed by atoms with van der Waals surface area (Å²) in [4.78, 5) is 31.7. The van der Waals surface area contributed by atoms with Gasteiger partial charge in [-0.25, -0.2) is 18.0 Å². The second kappa shape index (κ2) is 13.2. The van der Waals surface area contributed by atoms with Crippen molar-refractivity contribution in [2.45, 2.75) is 76.9 Å². The van der Waals surface area contributed by atoms with Gasteiger partial charge >= 0.3 is 12.5 Å². The van der Waals surface area contributed by atoms with Crippen LogP contribution in [0.3, 0.4) is 0 Å². The van der Waals surface area contributed by atoms with Gasteiger partial charge in [0.2, 0.25) is 11.8 Å². The first-order valence-corrected chi connectivity index (χ1v) is 15.3. The summed E-state index contributed by atoms with van der Waals surface area (Å²) in [5.74, 6) is -7.10. The molecule has 1 atom stereocenters. The summed E-state index contributed by atoms with van der Waals surface area (Å²) in [6.07, 6.45) is -6.36. The van der Waals surface area contributed by atoms with Crippen LogP contribution in [0.5, 0.6) is 5.75 Å². The molecular weight excluding hydrogens is 686 g/mol. The number of alkyl carbamates (subject to hydrolysis) is 1. The maximum absolute atomic E-state index is 16.0. The molecule has 5 rings (SSSR count). The van der Waals surface area contributed by atoms with Gasteiger partial charge in [0.15, 0.2) is 0 Å². The fourth-order valence-electron chi connectivity index (χ4n) is 5.07. The maximum atomic E-state index is 16.0. The molecule has 0 unspecified atom stereocenters. The zero-order valence-corrected chi connectivity index (χ0v) is 27.7. The molecule has 2 amide bonds. The van der Waals surface area contributed by atoms with Gasteiger partial charge in [0.05, 0.1) is 35.8 Å². The van der Waals surface area contributed by atoms with Gasteiger partial charge in [0.25, 0.3) is 11.8 Å². The van der Waals surface area contributed by atoms with E-state index < -0.39 is 82.0 Å². The molecule has 0 saturated heterocycles. The van der Waals surface area contributed by atoms with Gasteiger partial charge in [-0.1, -0.05) is 24.3 Å². The SMILES string of the molecule is CC(C)(C)OC(=O)N[C@@H]1CC(F)(F)c2cc(F)c(-c3nnc(C(C)(C)C#N)o3)cc2N(Cc2ccc(-c3ccc(OC(F)(F)F)cn3)cc2)C1=O. The quantitative estimate of drug-likeness (QED) is 0.192. The average Bonchev–Trinajstić information content (AvgIpc) is 3.51. The van der Waals surface area contributed by atoms with Crippen molar-refractivity contribution in [3.63, 3.8) is 0 Å². The molecule has 0 fully saturated rings. The normalized spacial score (nSPS) is 16.2.